The standard InChI is InChI=1S/C32H28N2O2/c1-33-25-13-7-3-4-8-14(13)26(33)22-21(25)29-17-11-19-20(12-18(17)30(22)35-29)32-24-23(31(19)36-32)27-15-9-5-6-10-16(15)28(24)34(27)2/h3-12,21-32H,1-2H3/t21-,22+,23+,24-,25-,26-,27+,28+,29-,30-,31+,32+. The zero-order chi connectivity index (χ0) is 23.2. The van der Waals surface area contributed by atoms with E-state index in [1.807, 2.05) is 0 Å². The average Bonchev–Trinajstić information content (AvgIpc) is 3.75. The fourth-order valence-electron chi connectivity index (χ4n) is 11.0. The quantitative estimate of drug-likeness (QED) is 0.408. The van der Waals surface area contributed by atoms with Gasteiger partial charge in [-0.1, -0.05) is 48.5 Å². The minimum atomic E-state index is 0.226. The van der Waals surface area contributed by atoms with E-state index in [0.29, 0.717) is 47.8 Å². The van der Waals surface area contributed by atoms with Gasteiger partial charge in [-0.15, -0.1) is 0 Å². The number of fused-ring (bicyclic) bond motifs is 30. The summed E-state index contributed by atoms with van der Waals surface area (Å²) >= 11 is 0. The summed E-state index contributed by atoms with van der Waals surface area (Å²) in [5, 5.41) is 0. The minimum Gasteiger partial charge on any atom is -0.365 e. The Bertz CT molecular complexity index is 1330. The Kier molecular flexibility index (Phi) is 2.94. The summed E-state index contributed by atoms with van der Waals surface area (Å²) in [4.78, 5) is 5.31. The fraction of sp³-hybridized carbons (Fsp3) is 0.438. The predicted molar refractivity (Wildman–Crippen MR) is 133 cm³/mol. The second-order valence-electron chi connectivity index (χ2n) is 12.7. The van der Waals surface area contributed by atoms with Gasteiger partial charge in [0.25, 0.3) is 0 Å². The maximum atomic E-state index is 6.88. The summed E-state index contributed by atoms with van der Waals surface area (Å²) in [5.74, 6) is 2.27. The van der Waals surface area contributed by atoms with Crippen LogP contribution >= 0.6 is 0 Å². The van der Waals surface area contributed by atoms with Crippen molar-refractivity contribution in [2.75, 3.05) is 14.1 Å². The molecule has 0 N–H and O–H groups in total. The summed E-state index contributed by atoms with van der Waals surface area (Å²) < 4.78 is 13.8. The molecule has 8 aliphatic rings. The van der Waals surface area contributed by atoms with Crippen LogP contribution in [0.3, 0.4) is 0 Å². The molecule has 8 heterocycles. The van der Waals surface area contributed by atoms with E-state index in [0.717, 1.165) is 0 Å². The molecule has 3 aromatic carbocycles. The predicted octanol–water partition coefficient (Wildman–Crippen LogP) is 5.89. The van der Waals surface area contributed by atoms with E-state index in [1.54, 1.807) is 22.3 Å². The first-order valence-corrected chi connectivity index (χ1v) is 13.8. The van der Waals surface area contributed by atoms with Crippen LogP contribution in [0.15, 0.2) is 60.7 Å². The van der Waals surface area contributed by atoms with Gasteiger partial charge in [0.05, 0.1) is 24.4 Å². The molecule has 178 valence electrons. The topological polar surface area (TPSA) is 24.9 Å². The van der Waals surface area contributed by atoms with Gasteiger partial charge in [0, 0.05) is 47.8 Å². The molecular weight excluding hydrogens is 444 g/mol. The van der Waals surface area contributed by atoms with E-state index in [1.165, 1.54) is 22.3 Å². The molecule has 4 fully saturated rings. The molecule has 8 bridgehead atoms. The van der Waals surface area contributed by atoms with Crippen molar-refractivity contribution in [1.29, 1.82) is 0 Å². The van der Waals surface area contributed by atoms with E-state index in [4.69, 9.17) is 9.47 Å². The highest BCUT2D eigenvalue weighted by Crippen LogP contribution is 2.76. The molecule has 4 heteroatoms. The SMILES string of the molecule is CN1[C@@H]2c3ccccc3[C@@H]1[C@H]1[C@@H]2[C@@H]2O[C@@H]1c1cc3c(cc12)[C@@H]1O[C@@H]3[C@H]2[C@@H]1[C@@H]1c3ccccc3[C@@H]2N1C. The van der Waals surface area contributed by atoms with Gasteiger partial charge in [-0.2, -0.15) is 0 Å². The van der Waals surface area contributed by atoms with Crippen LogP contribution in [0.5, 0.6) is 0 Å². The Morgan fingerprint density at radius 2 is 0.722 bits per heavy atom. The maximum absolute atomic E-state index is 6.88. The molecule has 0 aromatic heterocycles. The largest absolute Gasteiger partial charge is 0.365 e. The molecule has 12 atom stereocenters. The van der Waals surface area contributed by atoms with Crippen LogP contribution in [0, 0.1) is 23.7 Å². The highest BCUT2D eigenvalue weighted by molar-refractivity contribution is 5.56. The zero-order valence-corrected chi connectivity index (χ0v) is 20.4. The third kappa shape index (κ3) is 1.69. The van der Waals surface area contributed by atoms with Crippen LogP contribution in [0.2, 0.25) is 0 Å². The lowest BCUT2D eigenvalue weighted by molar-refractivity contribution is 0.0217. The molecule has 0 amide bonds. The van der Waals surface area contributed by atoms with Gasteiger partial charge >= 0.3 is 0 Å². The van der Waals surface area contributed by atoms with Crippen LogP contribution < -0.4 is 0 Å². The molecule has 0 radical (unpaired) electrons. The van der Waals surface area contributed by atoms with Crippen molar-refractivity contribution < 1.29 is 9.47 Å². The summed E-state index contributed by atoms with van der Waals surface area (Å²) in [7, 11) is 4.69. The van der Waals surface area contributed by atoms with Gasteiger partial charge < -0.3 is 9.47 Å². The van der Waals surface area contributed by atoms with Crippen LogP contribution in [0.4, 0.5) is 0 Å². The minimum absolute atomic E-state index is 0.226. The van der Waals surface area contributed by atoms with Crippen molar-refractivity contribution in [3.05, 3.63) is 105 Å². The van der Waals surface area contributed by atoms with Gasteiger partial charge in [-0.05, 0) is 70.7 Å². The molecule has 11 rings (SSSR count). The van der Waals surface area contributed by atoms with E-state index in [9.17, 15) is 0 Å². The molecule has 36 heavy (non-hydrogen) atoms. The lowest BCUT2D eigenvalue weighted by atomic mass is 9.64. The lowest BCUT2D eigenvalue weighted by Gasteiger charge is -2.35. The Balaban J connectivity index is 1.05. The molecule has 3 aromatic rings. The van der Waals surface area contributed by atoms with Crippen molar-refractivity contribution in [1.82, 2.24) is 9.80 Å². The second-order valence-corrected chi connectivity index (χ2v) is 12.7. The summed E-state index contributed by atoms with van der Waals surface area (Å²) in [5.41, 5.74) is 12.1. The van der Waals surface area contributed by atoms with Gasteiger partial charge in [0.15, 0.2) is 0 Å². The highest BCUT2D eigenvalue weighted by atomic mass is 16.5. The number of ether oxygens (including phenoxy) is 2. The average molecular weight is 473 g/mol. The molecule has 0 saturated carbocycles. The molecule has 0 aliphatic carbocycles. The van der Waals surface area contributed by atoms with Crippen molar-refractivity contribution in [2.45, 2.75) is 48.6 Å². The Morgan fingerprint density at radius 3 is 1.00 bits per heavy atom. The van der Waals surface area contributed by atoms with Gasteiger partial charge in [-0.3, -0.25) is 9.80 Å². The van der Waals surface area contributed by atoms with E-state index in [-0.39, 0.29) is 24.4 Å². The molecular formula is C32H28N2O2. The molecule has 8 aliphatic heterocycles. The van der Waals surface area contributed by atoms with Gasteiger partial charge in [-0.25, -0.2) is 0 Å². The first kappa shape index (κ1) is 18.7. The summed E-state index contributed by atoms with van der Waals surface area (Å²) in [6.45, 7) is 0. The molecule has 0 spiro atoms. The van der Waals surface area contributed by atoms with Crippen LogP contribution in [0.25, 0.3) is 0 Å². The van der Waals surface area contributed by atoms with Gasteiger partial charge in [0.2, 0.25) is 0 Å². The number of rotatable bonds is 0. The van der Waals surface area contributed by atoms with Crippen molar-refractivity contribution >= 4 is 0 Å². The normalized spacial score (nSPS) is 46.7. The summed E-state index contributed by atoms with van der Waals surface area (Å²) in [6, 6.07) is 25.3. The van der Waals surface area contributed by atoms with Crippen LogP contribution in [-0.2, 0) is 9.47 Å². The third-order valence-electron chi connectivity index (χ3n) is 11.9. The van der Waals surface area contributed by atoms with Crippen molar-refractivity contribution in [3.63, 3.8) is 0 Å². The van der Waals surface area contributed by atoms with Crippen molar-refractivity contribution in [3.8, 4) is 0 Å². The first-order chi connectivity index (χ1) is 17.7. The number of hydrogen-bond donors (Lipinski definition) is 0. The first-order valence-electron chi connectivity index (χ1n) is 13.8. The van der Waals surface area contributed by atoms with Crippen molar-refractivity contribution in [2.24, 2.45) is 23.7 Å². The molecule has 4 saturated heterocycles. The van der Waals surface area contributed by atoms with Crippen LogP contribution in [-0.4, -0.2) is 23.9 Å². The number of nitrogens with zero attached hydrogens (tertiary/aromatic N) is 2. The smallest absolute Gasteiger partial charge is 0.0888 e. The number of benzene rings is 3. The monoisotopic (exact) mass is 472 g/mol. The third-order valence-corrected chi connectivity index (χ3v) is 11.9. The van der Waals surface area contributed by atoms with Crippen LogP contribution in [0.1, 0.15) is 93.1 Å². The molecule has 4 nitrogen and oxygen atoms in total. The lowest BCUT2D eigenvalue weighted by Crippen LogP contribution is -2.29. The summed E-state index contributed by atoms with van der Waals surface area (Å²) in [6.07, 6.45) is 0.905. The van der Waals surface area contributed by atoms with E-state index < -0.39 is 0 Å². The van der Waals surface area contributed by atoms with Gasteiger partial charge in [0.1, 0.15) is 0 Å². The van der Waals surface area contributed by atoms with E-state index >= 15 is 0 Å². The Labute approximate surface area is 210 Å². The molecule has 0 unspecified atom stereocenters. The highest BCUT2D eigenvalue weighted by Gasteiger charge is 2.69. The Morgan fingerprint density at radius 1 is 0.444 bits per heavy atom. The maximum Gasteiger partial charge on any atom is 0.0888 e. The van der Waals surface area contributed by atoms with E-state index in [2.05, 4.69) is 84.6 Å². The number of hydrogen-bond acceptors (Lipinski definition) is 4. The second kappa shape index (κ2) is 5.66. The fourth-order valence-corrected chi connectivity index (χ4v) is 11.0. The zero-order valence-electron chi connectivity index (χ0n) is 20.4. The Hall–Kier alpha value is -2.50.